The molecule has 1 aliphatic carbocycles. The molecule has 1 N–H and O–H groups in total. The van der Waals surface area contributed by atoms with Crippen molar-refractivity contribution < 1.29 is 9.90 Å². The molecule has 1 aliphatic heterocycles. The summed E-state index contributed by atoms with van der Waals surface area (Å²) in [7, 11) is 1.88. The predicted octanol–water partition coefficient (Wildman–Crippen LogP) is 1.36. The van der Waals surface area contributed by atoms with E-state index >= 15 is 0 Å². The molecule has 0 bridgehead atoms. The van der Waals surface area contributed by atoms with Crippen LogP contribution in [0.3, 0.4) is 0 Å². The van der Waals surface area contributed by atoms with Gasteiger partial charge < -0.3 is 10.0 Å². The van der Waals surface area contributed by atoms with Gasteiger partial charge in [-0.25, -0.2) is 0 Å². The third kappa shape index (κ3) is 2.71. The lowest BCUT2D eigenvalue weighted by Gasteiger charge is -2.41. The summed E-state index contributed by atoms with van der Waals surface area (Å²) >= 11 is 0. The molecule has 1 aromatic rings. The molecule has 1 saturated carbocycles. The average Bonchev–Trinajstić information content (AvgIpc) is 2.90. The maximum absolute atomic E-state index is 12.4. The zero-order valence-electron chi connectivity index (χ0n) is 13.0. The first-order valence-corrected chi connectivity index (χ1v) is 7.96. The zero-order chi connectivity index (χ0) is 15.0. The largest absolute Gasteiger partial charge is 0.387 e. The lowest BCUT2D eigenvalue weighted by molar-refractivity contribution is -0.132. The Hall–Kier alpha value is -1.36. The minimum Gasteiger partial charge on any atom is -0.387 e. The number of likely N-dealkylation sites (tertiary alicyclic amines) is 1. The topological polar surface area (TPSA) is 58.4 Å². The molecule has 0 unspecified atom stereocenters. The fourth-order valence-electron chi connectivity index (χ4n) is 3.65. The Morgan fingerprint density at radius 2 is 2.29 bits per heavy atom. The van der Waals surface area contributed by atoms with Crippen molar-refractivity contribution in [1.82, 2.24) is 14.7 Å². The maximum atomic E-state index is 12.4. The quantitative estimate of drug-likeness (QED) is 0.911. The van der Waals surface area contributed by atoms with Crippen LogP contribution in [-0.4, -0.2) is 44.4 Å². The van der Waals surface area contributed by atoms with Gasteiger partial charge in [-0.2, -0.15) is 5.10 Å². The van der Waals surface area contributed by atoms with Gasteiger partial charge in [0.2, 0.25) is 5.91 Å². The molecular weight excluding hydrogens is 266 g/mol. The number of amides is 1. The van der Waals surface area contributed by atoms with Gasteiger partial charge >= 0.3 is 0 Å². The highest BCUT2D eigenvalue weighted by atomic mass is 16.3. The van der Waals surface area contributed by atoms with Crippen molar-refractivity contribution in [2.45, 2.75) is 44.6 Å². The Balaban J connectivity index is 1.56. The highest BCUT2D eigenvalue weighted by Crippen LogP contribution is 2.44. The van der Waals surface area contributed by atoms with Crippen LogP contribution in [-0.2, 0) is 18.3 Å². The van der Waals surface area contributed by atoms with Gasteiger partial charge in [0.1, 0.15) is 0 Å². The third-order valence-corrected chi connectivity index (χ3v) is 5.34. The van der Waals surface area contributed by atoms with Gasteiger partial charge in [0, 0.05) is 38.7 Å². The van der Waals surface area contributed by atoms with Crippen LogP contribution in [0, 0.1) is 11.8 Å². The van der Waals surface area contributed by atoms with E-state index in [-0.39, 0.29) is 11.8 Å². The molecule has 2 fully saturated rings. The van der Waals surface area contributed by atoms with E-state index in [9.17, 15) is 9.90 Å². The second-order valence-electron chi connectivity index (χ2n) is 6.82. The van der Waals surface area contributed by atoms with Crippen molar-refractivity contribution in [1.29, 1.82) is 0 Å². The summed E-state index contributed by atoms with van der Waals surface area (Å²) in [6.45, 7) is 3.29. The minimum atomic E-state index is -0.651. The van der Waals surface area contributed by atoms with E-state index in [1.54, 1.807) is 4.68 Å². The molecule has 1 aromatic heterocycles. The van der Waals surface area contributed by atoms with Crippen LogP contribution in [0.1, 0.15) is 38.2 Å². The van der Waals surface area contributed by atoms with Crippen molar-refractivity contribution in [3.63, 3.8) is 0 Å². The number of rotatable bonds is 4. The van der Waals surface area contributed by atoms with Gasteiger partial charge in [-0.15, -0.1) is 0 Å². The Morgan fingerprint density at radius 3 is 2.86 bits per heavy atom. The van der Waals surface area contributed by atoms with Gasteiger partial charge in [-0.3, -0.25) is 9.48 Å². The van der Waals surface area contributed by atoms with Crippen LogP contribution in [0.2, 0.25) is 0 Å². The summed E-state index contributed by atoms with van der Waals surface area (Å²) in [5.74, 6) is 0.731. The Labute approximate surface area is 125 Å². The SMILES string of the molecule is C[C@@H]1CN(C(=O)CCc2cnn(C)c2)C[C@@]1(O)C1CCC1. The molecule has 21 heavy (non-hydrogen) atoms. The molecule has 5 heteroatoms. The van der Waals surface area contributed by atoms with Gasteiger partial charge in [0.25, 0.3) is 0 Å². The van der Waals surface area contributed by atoms with Gasteiger partial charge in [0.05, 0.1) is 11.8 Å². The van der Waals surface area contributed by atoms with Gasteiger partial charge in [-0.1, -0.05) is 13.3 Å². The molecule has 116 valence electrons. The summed E-state index contributed by atoms with van der Waals surface area (Å²) in [5, 5.41) is 15.0. The smallest absolute Gasteiger partial charge is 0.223 e. The number of hydrogen-bond donors (Lipinski definition) is 1. The number of carbonyl (C=O) groups is 1. The summed E-state index contributed by atoms with van der Waals surface area (Å²) in [5.41, 5.74) is 0.440. The number of hydrogen-bond acceptors (Lipinski definition) is 3. The van der Waals surface area contributed by atoms with E-state index in [1.807, 2.05) is 24.3 Å². The molecular formula is C16H25N3O2. The third-order valence-electron chi connectivity index (χ3n) is 5.34. The van der Waals surface area contributed by atoms with E-state index in [1.165, 1.54) is 6.42 Å². The first-order chi connectivity index (χ1) is 9.99. The first-order valence-electron chi connectivity index (χ1n) is 7.96. The maximum Gasteiger partial charge on any atom is 0.223 e. The van der Waals surface area contributed by atoms with Crippen LogP contribution in [0.4, 0.5) is 0 Å². The fraction of sp³-hybridized carbons (Fsp3) is 0.750. The van der Waals surface area contributed by atoms with Crippen molar-refractivity contribution >= 4 is 5.91 Å². The Morgan fingerprint density at radius 1 is 1.52 bits per heavy atom. The fourth-order valence-corrected chi connectivity index (χ4v) is 3.65. The molecule has 1 saturated heterocycles. The number of carbonyl (C=O) groups excluding carboxylic acids is 1. The van der Waals surface area contributed by atoms with Crippen LogP contribution in [0.25, 0.3) is 0 Å². The second kappa shape index (κ2) is 5.44. The highest BCUT2D eigenvalue weighted by molar-refractivity contribution is 5.77. The minimum absolute atomic E-state index is 0.154. The van der Waals surface area contributed by atoms with Crippen LogP contribution >= 0.6 is 0 Å². The molecule has 3 rings (SSSR count). The summed E-state index contributed by atoms with van der Waals surface area (Å²) in [6, 6.07) is 0. The van der Waals surface area contributed by atoms with E-state index < -0.39 is 5.60 Å². The molecule has 2 heterocycles. The zero-order valence-corrected chi connectivity index (χ0v) is 13.0. The van der Waals surface area contributed by atoms with E-state index in [2.05, 4.69) is 12.0 Å². The molecule has 5 nitrogen and oxygen atoms in total. The summed E-state index contributed by atoms with van der Waals surface area (Å²) in [6.07, 6.45) is 8.42. The van der Waals surface area contributed by atoms with Gasteiger partial charge in [-0.05, 0) is 30.7 Å². The van der Waals surface area contributed by atoms with Crippen molar-refractivity contribution in [3.8, 4) is 0 Å². The lowest BCUT2D eigenvalue weighted by Crippen LogP contribution is -2.48. The molecule has 1 amide bonds. The Bertz CT molecular complexity index is 523. The predicted molar refractivity (Wildman–Crippen MR) is 79.6 cm³/mol. The molecule has 0 radical (unpaired) electrons. The van der Waals surface area contributed by atoms with Crippen molar-refractivity contribution in [2.24, 2.45) is 18.9 Å². The number of aliphatic hydroxyl groups is 1. The standard InChI is InChI=1S/C16H25N3O2/c1-12-9-19(11-16(12,21)14-4-3-5-14)15(20)7-6-13-8-17-18(2)10-13/h8,10,12,14,21H,3-7,9,11H2,1-2H3/t12-,16+/m1/s1. The van der Waals surface area contributed by atoms with Gasteiger partial charge in [0.15, 0.2) is 0 Å². The van der Waals surface area contributed by atoms with E-state index in [0.717, 1.165) is 24.8 Å². The first kappa shape index (κ1) is 14.6. The number of β-amino-alcohol motifs (C(OH)–C–C–N with tert-alkyl or cyclic N) is 1. The van der Waals surface area contributed by atoms with Crippen molar-refractivity contribution in [2.75, 3.05) is 13.1 Å². The molecule has 0 spiro atoms. The highest BCUT2D eigenvalue weighted by Gasteiger charge is 2.50. The number of nitrogens with zero attached hydrogens (tertiary/aromatic N) is 3. The average molecular weight is 291 g/mol. The van der Waals surface area contributed by atoms with E-state index in [4.69, 9.17) is 0 Å². The summed E-state index contributed by atoms with van der Waals surface area (Å²) in [4.78, 5) is 14.2. The molecule has 2 atom stereocenters. The van der Waals surface area contributed by atoms with Crippen LogP contribution < -0.4 is 0 Å². The normalized spacial score (nSPS) is 29.7. The Kier molecular flexibility index (Phi) is 3.78. The molecule has 2 aliphatic rings. The lowest BCUT2D eigenvalue weighted by atomic mass is 9.69. The van der Waals surface area contributed by atoms with E-state index in [0.29, 0.717) is 25.4 Å². The monoisotopic (exact) mass is 291 g/mol. The van der Waals surface area contributed by atoms with Crippen LogP contribution in [0.15, 0.2) is 12.4 Å². The van der Waals surface area contributed by atoms with Crippen molar-refractivity contribution in [3.05, 3.63) is 18.0 Å². The molecule has 0 aromatic carbocycles. The number of aryl methyl sites for hydroxylation is 2. The van der Waals surface area contributed by atoms with Crippen LogP contribution in [0.5, 0.6) is 0 Å². The second-order valence-corrected chi connectivity index (χ2v) is 6.82. The number of aromatic nitrogens is 2. The summed E-state index contributed by atoms with van der Waals surface area (Å²) < 4.78 is 1.76.